The Morgan fingerprint density at radius 2 is 1.94 bits per heavy atom. The fraction of sp³-hybridized carbons (Fsp3) is 0.364. The zero-order chi connectivity index (χ0) is 12.9. The highest BCUT2D eigenvalue weighted by Gasteiger charge is 2.28. The van der Waals surface area contributed by atoms with Gasteiger partial charge in [0.05, 0.1) is 6.54 Å². The van der Waals surface area contributed by atoms with E-state index in [0.717, 1.165) is 5.56 Å². The molecule has 6 heteroatoms. The summed E-state index contributed by atoms with van der Waals surface area (Å²) in [4.78, 5) is 11.4. The second kappa shape index (κ2) is 5.93. The largest absolute Gasteiger partial charge is 0.390 e. The maximum absolute atomic E-state index is 12.7. The molecule has 1 aromatic rings. The Morgan fingerprint density at radius 1 is 1.35 bits per heavy atom. The van der Waals surface area contributed by atoms with Crippen LogP contribution < -0.4 is 5.32 Å². The van der Waals surface area contributed by atoms with E-state index in [9.17, 15) is 13.6 Å². The third-order valence-electron chi connectivity index (χ3n) is 2.11. The molecule has 0 atom stereocenters. The Kier molecular flexibility index (Phi) is 4.84. The van der Waals surface area contributed by atoms with Crippen molar-refractivity contribution in [1.82, 2.24) is 5.32 Å². The lowest BCUT2D eigenvalue weighted by molar-refractivity contribution is -0.0462. The number of halogens is 3. The van der Waals surface area contributed by atoms with Crippen LogP contribution in [0.4, 0.5) is 8.78 Å². The van der Waals surface area contributed by atoms with Crippen molar-refractivity contribution in [3.8, 4) is 0 Å². The predicted molar refractivity (Wildman–Crippen MR) is 60.4 cm³/mol. The summed E-state index contributed by atoms with van der Waals surface area (Å²) in [6, 6.07) is 6.30. The van der Waals surface area contributed by atoms with Gasteiger partial charge in [0.15, 0.2) is 0 Å². The van der Waals surface area contributed by atoms with Crippen LogP contribution >= 0.6 is 11.6 Å². The van der Waals surface area contributed by atoms with E-state index in [-0.39, 0.29) is 5.56 Å². The lowest BCUT2D eigenvalue weighted by Crippen LogP contribution is -2.38. The Balaban J connectivity index is 2.58. The van der Waals surface area contributed by atoms with Crippen molar-refractivity contribution in [2.24, 2.45) is 0 Å². The number of carbonyl (C=O) groups is 1. The number of hydrogen-bond acceptors (Lipinski definition) is 2. The van der Waals surface area contributed by atoms with Crippen LogP contribution in [0.25, 0.3) is 0 Å². The van der Waals surface area contributed by atoms with Crippen LogP contribution in [0.2, 0.25) is 0 Å². The lowest BCUT2D eigenvalue weighted by atomic mass is 10.1. The molecule has 0 fully saturated rings. The first-order valence-electron chi connectivity index (χ1n) is 4.90. The van der Waals surface area contributed by atoms with Crippen LogP contribution in [0.15, 0.2) is 24.3 Å². The van der Waals surface area contributed by atoms with Crippen LogP contribution in [0, 0.1) is 0 Å². The highest BCUT2D eigenvalue weighted by molar-refractivity contribution is 6.17. The van der Waals surface area contributed by atoms with Crippen LogP contribution in [0.5, 0.6) is 0 Å². The second-order valence-electron chi connectivity index (χ2n) is 3.53. The first-order chi connectivity index (χ1) is 7.98. The Bertz CT molecular complexity index is 382. The molecule has 0 bridgehead atoms. The number of aliphatic hydroxyl groups excluding tert-OH is 1. The molecule has 0 aliphatic heterocycles. The van der Waals surface area contributed by atoms with Crippen molar-refractivity contribution in [1.29, 1.82) is 0 Å². The normalized spacial score (nSPS) is 11.3. The van der Waals surface area contributed by atoms with Gasteiger partial charge in [-0.25, -0.2) is 8.78 Å². The summed E-state index contributed by atoms with van der Waals surface area (Å²) in [6.07, 6.45) is 0. The number of alkyl halides is 3. The van der Waals surface area contributed by atoms with Crippen LogP contribution in [0.1, 0.15) is 15.9 Å². The van der Waals surface area contributed by atoms with E-state index in [2.05, 4.69) is 0 Å². The lowest BCUT2D eigenvalue weighted by Gasteiger charge is -2.13. The summed E-state index contributed by atoms with van der Waals surface area (Å²) in [5.74, 6) is -3.59. The van der Waals surface area contributed by atoms with Crippen molar-refractivity contribution in [2.75, 3.05) is 13.2 Å². The molecule has 3 nitrogen and oxygen atoms in total. The molecule has 0 saturated heterocycles. The highest BCUT2D eigenvalue weighted by atomic mass is 35.5. The Morgan fingerprint density at radius 3 is 2.41 bits per heavy atom. The van der Waals surface area contributed by atoms with Gasteiger partial charge in [0.2, 0.25) is 0 Å². The average Bonchev–Trinajstić information content (AvgIpc) is 2.36. The van der Waals surface area contributed by atoms with Crippen molar-refractivity contribution in [3.63, 3.8) is 0 Å². The SMILES string of the molecule is O=C(NCC(F)(F)CO)c1ccc(CCl)cc1. The van der Waals surface area contributed by atoms with E-state index in [1.807, 2.05) is 5.32 Å². The minimum absolute atomic E-state index is 0.271. The number of nitrogens with one attached hydrogen (secondary N) is 1. The third kappa shape index (κ3) is 4.28. The van der Waals surface area contributed by atoms with E-state index in [0.29, 0.717) is 5.88 Å². The van der Waals surface area contributed by atoms with Crippen molar-refractivity contribution in [2.45, 2.75) is 11.8 Å². The number of hydrogen-bond donors (Lipinski definition) is 2. The molecule has 1 rings (SSSR count). The van der Waals surface area contributed by atoms with Crippen molar-refractivity contribution < 1.29 is 18.7 Å². The molecule has 0 aliphatic rings. The van der Waals surface area contributed by atoms with Crippen LogP contribution in [-0.2, 0) is 5.88 Å². The predicted octanol–water partition coefficient (Wildman–Crippen LogP) is 1.78. The van der Waals surface area contributed by atoms with E-state index >= 15 is 0 Å². The molecule has 0 unspecified atom stereocenters. The molecule has 0 heterocycles. The van der Waals surface area contributed by atoms with E-state index in [4.69, 9.17) is 16.7 Å². The zero-order valence-electron chi connectivity index (χ0n) is 8.92. The van der Waals surface area contributed by atoms with E-state index < -0.39 is 25.0 Å². The molecule has 0 spiro atoms. The minimum atomic E-state index is -3.30. The van der Waals surface area contributed by atoms with Gasteiger partial charge < -0.3 is 10.4 Å². The van der Waals surface area contributed by atoms with Gasteiger partial charge in [0.25, 0.3) is 11.8 Å². The average molecular weight is 264 g/mol. The van der Waals surface area contributed by atoms with Crippen molar-refractivity contribution in [3.05, 3.63) is 35.4 Å². The first kappa shape index (κ1) is 13.9. The summed E-state index contributed by atoms with van der Waals surface area (Å²) in [6.45, 7) is -2.18. The molecule has 0 saturated carbocycles. The monoisotopic (exact) mass is 263 g/mol. The highest BCUT2D eigenvalue weighted by Crippen LogP contribution is 2.11. The molecule has 0 aliphatic carbocycles. The van der Waals surface area contributed by atoms with Gasteiger partial charge in [-0.15, -0.1) is 11.6 Å². The Hall–Kier alpha value is -1.20. The fourth-order valence-electron chi connectivity index (χ4n) is 1.11. The summed E-state index contributed by atoms with van der Waals surface area (Å²) in [5.41, 5.74) is 1.11. The standard InChI is InChI=1S/C11H12ClF2NO2/c12-5-8-1-3-9(4-2-8)10(17)15-6-11(13,14)7-16/h1-4,16H,5-7H2,(H,15,17). The topological polar surface area (TPSA) is 49.3 Å². The number of rotatable bonds is 5. The number of amides is 1. The molecule has 1 aromatic carbocycles. The summed E-state index contributed by atoms with van der Waals surface area (Å²) >= 11 is 5.57. The summed E-state index contributed by atoms with van der Waals surface area (Å²) in [5, 5.41) is 10.4. The molecule has 0 radical (unpaired) electrons. The Labute approximate surface area is 102 Å². The third-order valence-corrected chi connectivity index (χ3v) is 2.42. The minimum Gasteiger partial charge on any atom is -0.390 e. The number of benzene rings is 1. The summed E-state index contributed by atoms with van der Waals surface area (Å²) in [7, 11) is 0. The van der Waals surface area contributed by atoms with Gasteiger partial charge in [-0.3, -0.25) is 4.79 Å². The van der Waals surface area contributed by atoms with Crippen molar-refractivity contribution >= 4 is 17.5 Å². The molecule has 17 heavy (non-hydrogen) atoms. The van der Waals surface area contributed by atoms with Crippen LogP contribution in [-0.4, -0.2) is 30.1 Å². The van der Waals surface area contributed by atoms with E-state index in [1.165, 1.54) is 12.1 Å². The molecule has 1 amide bonds. The van der Waals surface area contributed by atoms with Gasteiger partial charge >= 0.3 is 0 Å². The molecule has 94 valence electrons. The van der Waals surface area contributed by atoms with Crippen LogP contribution in [0.3, 0.4) is 0 Å². The maximum atomic E-state index is 12.7. The number of aliphatic hydroxyl groups is 1. The first-order valence-corrected chi connectivity index (χ1v) is 5.44. The molecule has 0 aromatic heterocycles. The quantitative estimate of drug-likeness (QED) is 0.796. The van der Waals surface area contributed by atoms with Gasteiger partial charge in [0, 0.05) is 11.4 Å². The molecule has 2 N–H and O–H groups in total. The fourth-order valence-corrected chi connectivity index (χ4v) is 1.29. The zero-order valence-corrected chi connectivity index (χ0v) is 9.68. The number of carbonyl (C=O) groups excluding carboxylic acids is 1. The smallest absolute Gasteiger partial charge is 0.287 e. The van der Waals surface area contributed by atoms with Gasteiger partial charge in [-0.2, -0.15) is 0 Å². The van der Waals surface area contributed by atoms with Gasteiger partial charge in [-0.05, 0) is 17.7 Å². The molecular weight excluding hydrogens is 252 g/mol. The van der Waals surface area contributed by atoms with Gasteiger partial charge in [-0.1, -0.05) is 12.1 Å². The maximum Gasteiger partial charge on any atom is 0.287 e. The second-order valence-corrected chi connectivity index (χ2v) is 3.79. The molecular formula is C11H12ClF2NO2. The summed E-state index contributed by atoms with van der Waals surface area (Å²) < 4.78 is 25.3. The van der Waals surface area contributed by atoms with E-state index in [1.54, 1.807) is 12.1 Å². The van der Waals surface area contributed by atoms with Gasteiger partial charge in [0.1, 0.15) is 6.61 Å².